The molecule has 2 N–H and O–H groups in total. The summed E-state index contributed by atoms with van der Waals surface area (Å²) in [6.45, 7) is 2.38. The van der Waals surface area contributed by atoms with Crippen molar-refractivity contribution in [2.24, 2.45) is 5.14 Å². The SMILES string of the molecule is Cc1cc(Cl)ccc1OCCCCS(N)(=O)=O. The number of halogens is 1. The highest BCUT2D eigenvalue weighted by atomic mass is 35.5. The van der Waals surface area contributed by atoms with E-state index in [1.807, 2.05) is 13.0 Å². The van der Waals surface area contributed by atoms with Gasteiger partial charge in [0.25, 0.3) is 0 Å². The number of nitrogens with two attached hydrogens (primary N) is 1. The van der Waals surface area contributed by atoms with Gasteiger partial charge in [-0.2, -0.15) is 0 Å². The molecule has 0 radical (unpaired) electrons. The topological polar surface area (TPSA) is 69.4 Å². The van der Waals surface area contributed by atoms with Gasteiger partial charge in [0.2, 0.25) is 10.0 Å². The fraction of sp³-hybridized carbons (Fsp3) is 0.455. The predicted molar refractivity (Wildman–Crippen MR) is 68.9 cm³/mol. The molecule has 0 aliphatic carbocycles. The van der Waals surface area contributed by atoms with Crippen molar-refractivity contribution < 1.29 is 13.2 Å². The number of sulfonamides is 1. The maximum Gasteiger partial charge on any atom is 0.209 e. The van der Waals surface area contributed by atoms with Crippen LogP contribution in [0.4, 0.5) is 0 Å². The molecule has 1 rings (SSSR count). The van der Waals surface area contributed by atoms with Crippen LogP contribution in [0.1, 0.15) is 18.4 Å². The van der Waals surface area contributed by atoms with Gasteiger partial charge in [0.1, 0.15) is 5.75 Å². The Kier molecular flexibility index (Phi) is 5.24. The van der Waals surface area contributed by atoms with Crippen LogP contribution < -0.4 is 9.88 Å². The van der Waals surface area contributed by atoms with Crippen molar-refractivity contribution >= 4 is 21.6 Å². The van der Waals surface area contributed by atoms with E-state index in [-0.39, 0.29) is 5.75 Å². The standard InChI is InChI=1S/C11H16ClNO3S/c1-9-8-10(12)4-5-11(9)16-6-2-3-7-17(13,14)15/h4-5,8H,2-3,6-7H2,1H3,(H2,13,14,15). The summed E-state index contributed by atoms with van der Waals surface area (Å²) in [6.07, 6.45) is 1.16. The van der Waals surface area contributed by atoms with Gasteiger partial charge in [0.15, 0.2) is 0 Å². The lowest BCUT2D eigenvalue weighted by Gasteiger charge is -2.08. The highest BCUT2D eigenvalue weighted by Gasteiger charge is 2.03. The second-order valence-corrected chi connectivity index (χ2v) is 6.00. The molecule has 0 saturated carbocycles. The molecule has 0 atom stereocenters. The fourth-order valence-corrected chi connectivity index (χ4v) is 2.20. The predicted octanol–water partition coefficient (Wildman–Crippen LogP) is 2.10. The van der Waals surface area contributed by atoms with Crippen molar-refractivity contribution in [3.63, 3.8) is 0 Å². The molecule has 0 aromatic heterocycles. The smallest absolute Gasteiger partial charge is 0.209 e. The van der Waals surface area contributed by atoms with E-state index in [9.17, 15) is 8.42 Å². The second kappa shape index (κ2) is 6.23. The summed E-state index contributed by atoms with van der Waals surface area (Å²) in [6, 6.07) is 5.38. The zero-order valence-electron chi connectivity index (χ0n) is 9.65. The van der Waals surface area contributed by atoms with Gasteiger partial charge in [0, 0.05) is 5.02 Å². The molecule has 4 nitrogen and oxygen atoms in total. The average Bonchev–Trinajstić information content (AvgIpc) is 2.18. The Morgan fingerprint density at radius 2 is 2.06 bits per heavy atom. The molecule has 1 aromatic rings. The van der Waals surface area contributed by atoms with Crippen molar-refractivity contribution in [2.45, 2.75) is 19.8 Å². The Bertz CT molecular complexity index is 474. The first-order chi connectivity index (χ1) is 7.88. The number of unbranched alkanes of at least 4 members (excludes halogenated alkanes) is 1. The molecule has 1 aromatic carbocycles. The van der Waals surface area contributed by atoms with Crippen LogP contribution in [-0.4, -0.2) is 20.8 Å². The lowest BCUT2D eigenvalue weighted by molar-refractivity contribution is 0.307. The van der Waals surface area contributed by atoms with E-state index in [1.165, 1.54) is 0 Å². The van der Waals surface area contributed by atoms with Crippen molar-refractivity contribution in [1.82, 2.24) is 0 Å². The van der Waals surface area contributed by atoms with E-state index in [4.69, 9.17) is 21.5 Å². The van der Waals surface area contributed by atoms with E-state index in [0.717, 1.165) is 11.3 Å². The summed E-state index contributed by atoms with van der Waals surface area (Å²) in [7, 11) is -3.36. The first kappa shape index (κ1) is 14.3. The van der Waals surface area contributed by atoms with Crippen LogP contribution in [0.2, 0.25) is 5.02 Å². The van der Waals surface area contributed by atoms with Gasteiger partial charge in [-0.3, -0.25) is 0 Å². The summed E-state index contributed by atoms with van der Waals surface area (Å²) >= 11 is 5.81. The van der Waals surface area contributed by atoms with Crippen molar-refractivity contribution in [3.05, 3.63) is 28.8 Å². The van der Waals surface area contributed by atoms with Crippen LogP contribution in [0.25, 0.3) is 0 Å². The highest BCUT2D eigenvalue weighted by molar-refractivity contribution is 7.89. The molecular weight excluding hydrogens is 262 g/mol. The Balaban J connectivity index is 2.32. The monoisotopic (exact) mass is 277 g/mol. The summed E-state index contributed by atoms with van der Waals surface area (Å²) in [5, 5.41) is 5.56. The number of rotatable bonds is 6. The van der Waals surface area contributed by atoms with Crippen molar-refractivity contribution in [3.8, 4) is 5.75 Å². The molecule has 0 aliphatic rings. The number of ether oxygens (including phenoxy) is 1. The molecule has 17 heavy (non-hydrogen) atoms. The minimum atomic E-state index is -3.36. The first-order valence-electron chi connectivity index (χ1n) is 5.28. The molecule has 0 amide bonds. The molecule has 0 fully saturated rings. The highest BCUT2D eigenvalue weighted by Crippen LogP contribution is 2.21. The molecule has 0 unspecified atom stereocenters. The number of benzene rings is 1. The zero-order chi connectivity index (χ0) is 12.9. The van der Waals surface area contributed by atoms with Gasteiger partial charge in [-0.05, 0) is 43.5 Å². The second-order valence-electron chi connectivity index (χ2n) is 3.83. The quantitative estimate of drug-likeness (QED) is 0.810. The van der Waals surface area contributed by atoms with Gasteiger partial charge in [-0.15, -0.1) is 0 Å². The van der Waals surface area contributed by atoms with Crippen LogP contribution in [0.15, 0.2) is 18.2 Å². The number of aryl methyl sites for hydroxylation is 1. The third kappa shape index (κ3) is 5.91. The Morgan fingerprint density at radius 3 is 2.65 bits per heavy atom. The van der Waals surface area contributed by atoms with Crippen molar-refractivity contribution in [1.29, 1.82) is 0 Å². The third-order valence-electron chi connectivity index (χ3n) is 2.22. The van der Waals surface area contributed by atoms with Gasteiger partial charge in [-0.1, -0.05) is 11.6 Å². The largest absolute Gasteiger partial charge is 0.493 e. The molecule has 0 heterocycles. The van der Waals surface area contributed by atoms with E-state index in [2.05, 4.69) is 0 Å². The number of hydrogen-bond acceptors (Lipinski definition) is 3. The summed E-state index contributed by atoms with van der Waals surface area (Å²) in [5.41, 5.74) is 0.962. The summed E-state index contributed by atoms with van der Waals surface area (Å²) in [5.74, 6) is 0.765. The van der Waals surface area contributed by atoms with Crippen LogP contribution in [0.3, 0.4) is 0 Å². The Labute approximate surface area is 107 Å². The lowest BCUT2D eigenvalue weighted by atomic mass is 10.2. The van der Waals surface area contributed by atoms with Crippen LogP contribution in [0.5, 0.6) is 5.75 Å². The molecule has 6 heteroatoms. The molecule has 96 valence electrons. The summed E-state index contributed by atoms with van der Waals surface area (Å²) in [4.78, 5) is 0. The number of primary sulfonamides is 1. The first-order valence-corrected chi connectivity index (χ1v) is 7.37. The molecule has 0 bridgehead atoms. The molecule has 0 aliphatic heterocycles. The van der Waals surface area contributed by atoms with Gasteiger partial charge in [0.05, 0.1) is 12.4 Å². The minimum absolute atomic E-state index is 0.00401. The van der Waals surface area contributed by atoms with Gasteiger partial charge < -0.3 is 4.74 Å². The maximum absolute atomic E-state index is 10.7. The van der Waals surface area contributed by atoms with Crippen LogP contribution >= 0.6 is 11.6 Å². The maximum atomic E-state index is 10.7. The van der Waals surface area contributed by atoms with E-state index >= 15 is 0 Å². The average molecular weight is 278 g/mol. The normalized spacial score (nSPS) is 11.5. The van der Waals surface area contributed by atoms with E-state index in [0.29, 0.717) is 24.5 Å². The molecule has 0 spiro atoms. The molecular formula is C11H16ClNO3S. The van der Waals surface area contributed by atoms with Crippen LogP contribution in [0, 0.1) is 6.92 Å². The van der Waals surface area contributed by atoms with Gasteiger partial charge in [-0.25, -0.2) is 13.6 Å². The van der Waals surface area contributed by atoms with E-state index in [1.54, 1.807) is 12.1 Å². The van der Waals surface area contributed by atoms with Crippen molar-refractivity contribution in [2.75, 3.05) is 12.4 Å². The minimum Gasteiger partial charge on any atom is -0.493 e. The Hall–Kier alpha value is -0.780. The lowest BCUT2D eigenvalue weighted by Crippen LogP contribution is -2.16. The Morgan fingerprint density at radius 1 is 1.35 bits per heavy atom. The number of hydrogen-bond donors (Lipinski definition) is 1. The van der Waals surface area contributed by atoms with E-state index < -0.39 is 10.0 Å². The van der Waals surface area contributed by atoms with Crippen LogP contribution in [-0.2, 0) is 10.0 Å². The third-order valence-corrected chi connectivity index (χ3v) is 3.31. The summed E-state index contributed by atoms with van der Waals surface area (Å²) < 4.78 is 26.9. The zero-order valence-corrected chi connectivity index (χ0v) is 11.2. The van der Waals surface area contributed by atoms with Gasteiger partial charge >= 0.3 is 0 Å². The fourth-order valence-electron chi connectivity index (χ4n) is 1.36. The molecule has 0 saturated heterocycles.